The van der Waals surface area contributed by atoms with E-state index in [9.17, 15) is 4.79 Å². The lowest BCUT2D eigenvalue weighted by atomic mass is 9.96. The van der Waals surface area contributed by atoms with Gasteiger partial charge in [0.1, 0.15) is 0 Å². The van der Waals surface area contributed by atoms with E-state index in [1.165, 1.54) is 0 Å². The molecule has 0 saturated carbocycles. The number of piperidine rings is 1. The minimum atomic E-state index is -0.0445. The highest BCUT2D eigenvalue weighted by molar-refractivity contribution is 5.74. The van der Waals surface area contributed by atoms with Crippen LogP contribution in [0.4, 0.5) is 4.79 Å². The van der Waals surface area contributed by atoms with Gasteiger partial charge in [0.05, 0.1) is 17.8 Å². The lowest BCUT2D eigenvalue weighted by Gasteiger charge is -2.36. The molecular formula is C15H28N2O3. The monoisotopic (exact) mass is 284 g/mol. The highest BCUT2D eigenvalue weighted by Gasteiger charge is 2.33. The molecule has 2 fully saturated rings. The predicted octanol–water partition coefficient (Wildman–Crippen LogP) is 2.01. The highest BCUT2D eigenvalue weighted by Crippen LogP contribution is 2.28. The average Bonchev–Trinajstić information content (AvgIpc) is 2.76. The van der Waals surface area contributed by atoms with Gasteiger partial charge < -0.3 is 19.7 Å². The molecule has 0 radical (unpaired) electrons. The molecule has 0 aromatic rings. The minimum Gasteiger partial charge on any atom is -0.379 e. The molecule has 5 nitrogen and oxygen atoms in total. The average molecular weight is 284 g/mol. The summed E-state index contributed by atoms with van der Waals surface area (Å²) in [5, 5.41) is 3.00. The van der Waals surface area contributed by atoms with Gasteiger partial charge in [0, 0.05) is 26.7 Å². The minimum absolute atomic E-state index is 0.00672. The maximum atomic E-state index is 12.2. The topological polar surface area (TPSA) is 50.8 Å². The van der Waals surface area contributed by atoms with Crippen molar-refractivity contribution in [3.8, 4) is 0 Å². The number of nitrogens with one attached hydrogen (secondary N) is 1. The van der Waals surface area contributed by atoms with Crippen molar-refractivity contribution in [2.75, 3.05) is 26.7 Å². The number of rotatable bonds is 3. The van der Waals surface area contributed by atoms with Gasteiger partial charge in [0.2, 0.25) is 0 Å². The number of nitrogens with zero attached hydrogens (tertiary/aromatic N) is 1. The molecule has 20 heavy (non-hydrogen) atoms. The molecule has 116 valence electrons. The quantitative estimate of drug-likeness (QED) is 0.862. The Morgan fingerprint density at radius 3 is 2.80 bits per heavy atom. The zero-order valence-corrected chi connectivity index (χ0v) is 13.1. The van der Waals surface area contributed by atoms with E-state index in [-0.39, 0.29) is 23.8 Å². The Hall–Kier alpha value is -0.810. The molecule has 0 aliphatic carbocycles. The van der Waals surface area contributed by atoms with Crippen molar-refractivity contribution in [3.05, 3.63) is 0 Å². The van der Waals surface area contributed by atoms with Crippen LogP contribution < -0.4 is 5.32 Å². The van der Waals surface area contributed by atoms with Crippen LogP contribution >= 0.6 is 0 Å². The molecule has 2 aliphatic rings. The third kappa shape index (κ3) is 3.85. The fourth-order valence-electron chi connectivity index (χ4n) is 3.06. The third-order valence-electron chi connectivity index (χ3n) is 4.51. The smallest absolute Gasteiger partial charge is 0.317 e. The maximum Gasteiger partial charge on any atom is 0.317 e. The van der Waals surface area contributed by atoms with Crippen LogP contribution in [-0.2, 0) is 9.47 Å². The summed E-state index contributed by atoms with van der Waals surface area (Å²) in [7, 11) is 1.72. The van der Waals surface area contributed by atoms with Crippen molar-refractivity contribution in [1.82, 2.24) is 10.2 Å². The first-order valence-electron chi connectivity index (χ1n) is 7.64. The van der Waals surface area contributed by atoms with Crippen LogP contribution in [0, 0.1) is 5.92 Å². The number of urea groups is 1. The van der Waals surface area contributed by atoms with Gasteiger partial charge in [-0.05, 0) is 39.0 Å². The first-order valence-corrected chi connectivity index (χ1v) is 7.64. The van der Waals surface area contributed by atoms with Gasteiger partial charge in [-0.15, -0.1) is 0 Å². The van der Waals surface area contributed by atoms with Crippen LogP contribution in [0.5, 0.6) is 0 Å². The second-order valence-electron chi connectivity index (χ2n) is 6.71. The molecule has 2 saturated heterocycles. The Morgan fingerprint density at radius 1 is 1.45 bits per heavy atom. The molecule has 0 spiro atoms. The Labute approximate surface area is 122 Å². The SMILES string of the molecule is CO[C@@H]1CN(C(=O)NC[C@@H]2CCC(C)(C)O2)CC[C@H]1C. The van der Waals surface area contributed by atoms with E-state index >= 15 is 0 Å². The van der Waals surface area contributed by atoms with Crippen LogP contribution in [0.2, 0.25) is 0 Å². The molecule has 0 aromatic carbocycles. The molecule has 2 aliphatic heterocycles. The largest absolute Gasteiger partial charge is 0.379 e. The molecule has 2 heterocycles. The van der Waals surface area contributed by atoms with Crippen molar-refractivity contribution >= 4 is 6.03 Å². The fraction of sp³-hybridized carbons (Fsp3) is 0.933. The van der Waals surface area contributed by atoms with Gasteiger partial charge >= 0.3 is 6.03 Å². The van der Waals surface area contributed by atoms with E-state index in [4.69, 9.17) is 9.47 Å². The summed E-state index contributed by atoms with van der Waals surface area (Å²) in [6.07, 6.45) is 3.37. The number of carbonyl (C=O) groups is 1. The van der Waals surface area contributed by atoms with Gasteiger partial charge in [-0.1, -0.05) is 6.92 Å². The lowest BCUT2D eigenvalue weighted by molar-refractivity contribution is -0.0151. The third-order valence-corrected chi connectivity index (χ3v) is 4.51. The van der Waals surface area contributed by atoms with Gasteiger partial charge in [-0.3, -0.25) is 0 Å². The Balaban J connectivity index is 1.75. The summed E-state index contributed by atoms with van der Waals surface area (Å²) in [6.45, 7) is 8.47. The predicted molar refractivity (Wildman–Crippen MR) is 77.7 cm³/mol. The van der Waals surface area contributed by atoms with E-state index in [1.54, 1.807) is 7.11 Å². The fourth-order valence-corrected chi connectivity index (χ4v) is 3.06. The first-order chi connectivity index (χ1) is 9.41. The van der Waals surface area contributed by atoms with Crippen molar-refractivity contribution in [1.29, 1.82) is 0 Å². The van der Waals surface area contributed by atoms with Crippen LogP contribution in [0.3, 0.4) is 0 Å². The summed E-state index contributed by atoms with van der Waals surface area (Å²) < 4.78 is 11.3. The number of hydrogen-bond acceptors (Lipinski definition) is 3. The Kier molecular flexibility index (Phi) is 4.91. The van der Waals surface area contributed by atoms with Crippen molar-refractivity contribution in [2.45, 2.75) is 57.8 Å². The molecule has 2 amide bonds. The van der Waals surface area contributed by atoms with Crippen LogP contribution in [0.1, 0.15) is 40.0 Å². The Bertz CT molecular complexity index is 346. The summed E-state index contributed by atoms with van der Waals surface area (Å²) >= 11 is 0. The molecule has 3 atom stereocenters. The van der Waals surface area contributed by atoms with E-state index in [2.05, 4.69) is 26.1 Å². The number of hydrogen-bond donors (Lipinski definition) is 1. The van der Waals surface area contributed by atoms with Gasteiger partial charge in [-0.25, -0.2) is 4.79 Å². The van der Waals surface area contributed by atoms with Crippen LogP contribution in [-0.4, -0.2) is 55.5 Å². The number of ether oxygens (including phenoxy) is 2. The summed E-state index contributed by atoms with van der Waals surface area (Å²) in [6, 6.07) is 0.00672. The second kappa shape index (κ2) is 6.31. The summed E-state index contributed by atoms with van der Waals surface area (Å²) in [5.74, 6) is 0.517. The number of amides is 2. The summed E-state index contributed by atoms with van der Waals surface area (Å²) in [5.41, 5.74) is -0.0445. The number of carbonyl (C=O) groups excluding carboxylic acids is 1. The van der Waals surface area contributed by atoms with Crippen molar-refractivity contribution in [2.24, 2.45) is 5.92 Å². The number of methoxy groups -OCH3 is 1. The molecular weight excluding hydrogens is 256 g/mol. The molecule has 0 aromatic heterocycles. The molecule has 2 rings (SSSR count). The standard InChI is InChI=1S/C15H28N2O3/c1-11-6-8-17(10-13(11)19-4)14(18)16-9-12-5-7-15(2,3)20-12/h11-13H,5-10H2,1-4H3,(H,16,18)/t11-,12+,13-/m1/s1. The van der Waals surface area contributed by atoms with E-state index in [1.807, 2.05) is 4.90 Å². The van der Waals surface area contributed by atoms with Crippen molar-refractivity contribution < 1.29 is 14.3 Å². The number of likely N-dealkylation sites (tertiary alicyclic amines) is 1. The summed E-state index contributed by atoms with van der Waals surface area (Å²) in [4.78, 5) is 14.0. The van der Waals surface area contributed by atoms with Gasteiger partial charge in [0.25, 0.3) is 0 Å². The Morgan fingerprint density at radius 2 is 2.20 bits per heavy atom. The van der Waals surface area contributed by atoms with Crippen molar-refractivity contribution in [3.63, 3.8) is 0 Å². The van der Waals surface area contributed by atoms with Gasteiger partial charge in [0.15, 0.2) is 0 Å². The normalized spacial score (nSPS) is 33.2. The highest BCUT2D eigenvalue weighted by atomic mass is 16.5. The van der Waals surface area contributed by atoms with Gasteiger partial charge in [-0.2, -0.15) is 0 Å². The van der Waals surface area contributed by atoms with Crippen LogP contribution in [0.25, 0.3) is 0 Å². The van der Waals surface area contributed by atoms with E-state index in [0.717, 1.165) is 25.8 Å². The second-order valence-corrected chi connectivity index (χ2v) is 6.71. The zero-order valence-electron chi connectivity index (χ0n) is 13.1. The van der Waals surface area contributed by atoms with Crippen LogP contribution in [0.15, 0.2) is 0 Å². The van der Waals surface area contributed by atoms with E-state index < -0.39 is 0 Å². The molecule has 0 unspecified atom stereocenters. The van der Waals surface area contributed by atoms with E-state index in [0.29, 0.717) is 19.0 Å². The molecule has 5 heteroatoms. The molecule has 0 bridgehead atoms. The maximum absolute atomic E-state index is 12.2. The zero-order chi connectivity index (χ0) is 14.8. The lowest BCUT2D eigenvalue weighted by Crippen LogP contribution is -2.51. The first kappa shape index (κ1) is 15.6. The molecule has 1 N–H and O–H groups in total.